The van der Waals surface area contributed by atoms with E-state index in [1.165, 1.54) is 19.1 Å². The molecule has 1 amide bonds. The third kappa shape index (κ3) is 4.79. The van der Waals surface area contributed by atoms with Crippen LogP contribution in [0.1, 0.15) is 19.8 Å². The van der Waals surface area contributed by atoms with Crippen LogP contribution in [0, 0.1) is 5.92 Å². The lowest BCUT2D eigenvalue weighted by atomic mass is 9.99. The number of nitrogens with one attached hydrogen (secondary N) is 2. The molecule has 1 saturated heterocycles. The minimum atomic E-state index is -3.56. The monoisotopic (exact) mass is 325 g/mol. The van der Waals surface area contributed by atoms with Crippen LogP contribution in [0.25, 0.3) is 0 Å². The molecule has 0 aliphatic carbocycles. The largest absolute Gasteiger partial charge is 0.326 e. The van der Waals surface area contributed by atoms with Crippen LogP contribution in [-0.4, -0.2) is 45.9 Å². The second kappa shape index (κ2) is 7.21. The van der Waals surface area contributed by atoms with E-state index in [-0.39, 0.29) is 10.8 Å². The summed E-state index contributed by atoms with van der Waals surface area (Å²) < 4.78 is 27.4. The quantitative estimate of drug-likeness (QED) is 0.854. The minimum Gasteiger partial charge on any atom is -0.326 e. The summed E-state index contributed by atoms with van der Waals surface area (Å²) in [5, 5.41) is 2.59. The number of piperidine rings is 1. The van der Waals surface area contributed by atoms with E-state index in [1.807, 2.05) is 0 Å². The zero-order valence-electron chi connectivity index (χ0n) is 13.0. The molecule has 2 rings (SSSR count). The summed E-state index contributed by atoms with van der Waals surface area (Å²) in [5.41, 5.74) is 0.479. The summed E-state index contributed by atoms with van der Waals surface area (Å²) in [6, 6.07) is 6.28. The van der Waals surface area contributed by atoms with Gasteiger partial charge in [0.2, 0.25) is 15.9 Å². The lowest BCUT2D eigenvalue weighted by Crippen LogP contribution is -2.39. The van der Waals surface area contributed by atoms with Crippen LogP contribution >= 0.6 is 0 Å². The Kier molecular flexibility index (Phi) is 5.55. The van der Waals surface area contributed by atoms with Crippen LogP contribution in [0.15, 0.2) is 29.2 Å². The second-order valence-electron chi connectivity index (χ2n) is 5.83. The van der Waals surface area contributed by atoms with E-state index in [4.69, 9.17) is 0 Å². The van der Waals surface area contributed by atoms with E-state index in [0.717, 1.165) is 25.9 Å². The SMILES string of the molecule is CC(=O)Nc1cccc(S(=O)(=O)NCC2CCCN(C)C2)c1. The highest BCUT2D eigenvalue weighted by molar-refractivity contribution is 7.89. The zero-order chi connectivity index (χ0) is 16.2. The van der Waals surface area contributed by atoms with Gasteiger partial charge in [-0.1, -0.05) is 6.07 Å². The Morgan fingerprint density at radius 2 is 2.18 bits per heavy atom. The van der Waals surface area contributed by atoms with Crippen molar-refractivity contribution in [1.82, 2.24) is 9.62 Å². The zero-order valence-corrected chi connectivity index (χ0v) is 13.8. The molecule has 6 nitrogen and oxygen atoms in total. The Balaban J connectivity index is 2.02. The van der Waals surface area contributed by atoms with Crippen LogP contribution in [0.4, 0.5) is 5.69 Å². The first-order valence-corrected chi connectivity index (χ1v) is 8.91. The highest BCUT2D eigenvalue weighted by atomic mass is 32.2. The molecule has 0 aromatic heterocycles. The lowest BCUT2D eigenvalue weighted by Gasteiger charge is -2.29. The van der Waals surface area contributed by atoms with Crippen molar-refractivity contribution in [3.63, 3.8) is 0 Å². The number of nitrogens with zero attached hydrogens (tertiary/aromatic N) is 1. The van der Waals surface area contributed by atoms with Crippen LogP contribution in [-0.2, 0) is 14.8 Å². The first-order chi connectivity index (χ1) is 10.4. The number of likely N-dealkylation sites (tertiary alicyclic amines) is 1. The fourth-order valence-corrected chi connectivity index (χ4v) is 3.86. The Labute approximate surface area is 131 Å². The van der Waals surface area contributed by atoms with Gasteiger partial charge in [-0.2, -0.15) is 0 Å². The van der Waals surface area contributed by atoms with Crippen LogP contribution in [0.3, 0.4) is 0 Å². The summed E-state index contributed by atoms with van der Waals surface area (Å²) in [5.74, 6) is 0.111. The van der Waals surface area contributed by atoms with Crippen molar-refractivity contribution < 1.29 is 13.2 Å². The normalized spacial score (nSPS) is 19.8. The predicted molar refractivity (Wildman–Crippen MR) is 86.2 cm³/mol. The van der Waals surface area contributed by atoms with Gasteiger partial charge in [0.1, 0.15) is 0 Å². The third-order valence-electron chi connectivity index (χ3n) is 3.75. The fraction of sp³-hybridized carbons (Fsp3) is 0.533. The summed E-state index contributed by atoms with van der Waals surface area (Å²) in [4.78, 5) is 13.4. The van der Waals surface area contributed by atoms with Crippen molar-refractivity contribution in [2.45, 2.75) is 24.7 Å². The number of sulfonamides is 1. The summed E-state index contributed by atoms with van der Waals surface area (Å²) in [7, 11) is -1.50. The van der Waals surface area contributed by atoms with Crippen molar-refractivity contribution in [2.75, 3.05) is 32.0 Å². The molecule has 7 heteroatoms. The number of amides is 1. The molecule has 1 atom stereocenters. The van der Waals surface area contributed by atoms with Crippen molar-refractivity contribution in [2.24, 2.45) is 5.92 Å². The first-order valence-electron chi connectivity index (χ1n) is 7.43. The van der Waals surface area contributed by atoms with Crippen molar-refractivity contribution in [1.29, 1.82) is 0 Å². The van der Waals surface area contributed by atoms with Gasteiger partial charge in [0.05, 0.1) is 4.90 Å². The van der Waals surface area contributed by atoms with Crippen LogP contribution < -0.4 is 10.0 Å². The molecule has 0 bridgehead atoms. The summed E-state index contributed by atoms with van der Waals surface area (Å²) in [6.45, 7) is 3.81. The van der Waals surface area contributed by atoms with E-state index in [1.54, 1.807) is 12.1 Å². The van der Waals surface area contributed by atoms with Gasteiger partial charge < -0.3 is 10.2 Å². The van der Waals surface area contributed by atoms with Crippen molar-refractivity contribution >= 4 is 21.6 Å². The molecular weight excluding hydrogens is 302 g/mol. The second-order valence-corrected chi connectivity index (χ2v) is 7.60. The van der Waals surface area contributed by atoms with E-state index >= 15 is 0 Å². The van der Waals surface area contributed by atoms with Gasteiger partial charge in [-0.3, -0.25) is 4.79 Å². The molecule has 0 spiro atoms. The Hall–Kier alpha value is -1.44. The highest BCUT2D eigenvalue weighted by Crippen LogP contribution is 2.17. The number of rotatable bonds is 5. The lowest BCUT2D eigenvalue weighted by molar-refractivity contribution is -0.114. The molecule has 122 valence electrons. The molecule has 1 aliphatic heterocycles. The average Bonchev–Trinajstić information content (AvgIpc) is 2.45. The fourth-order valence-electron chi connectivity index (χ4n) is 2.70. The average molecular weight is 325 g/mol. The maximum Gasteiger partial charge on any atom is 0.240 e. The number of benzene rings is 1. The molecule has 0 saturated carbocycles. The third-order valence-corrected chi connectivity index (χ3v) is 5.17. The van der Waals surface area contributed by atoms with Crippen LogP contribution in [0.2, 0.25) is 0 Å². The molecule has 1 heterocycles. The Morgan fingerprint density at radius 1 is 1.41 bits per heavy atom. The number of carbonyl (C=O) groups excluding carboxylic acids is 1. The van der Waals surface area contributed by atoms with E-state index in [2.05, 4.69) is 22.0 Å². The van der Waals surface area contributed by atoms with E-state index in [9.17, 15) is 13.2 Å². The van der Waals surface area contributed by atoms with Crippen LogP contribution in [0.5, 0.6) is 0 Å². The maximum atomic E-state index is 12.4. The first kappa shape index (κ1) is 16.9. The van der Waals surface area contributed by atoms with Gasteiger partial charge in [0, 0.05) is 25.7 Å². The number of hydrogen-bond donors (Lipinski definition) is 2. The van der Waals surface area contributed by atoms with Gasteiger partial charge in [0.25, 0.3) is 0 Å². The van der Waals surface area contributed by atoms with E-state index in [0.29, 0.717) is 18.2 Å². The van der Waals surface area contributed by atoms with Crippen molar-refractivity contribution in [3.05, 3.63) is 24.3 Å². The maximum absolute atomic E-state index is 12.4. The molecule has 2 N–H and O–H groups in total. The van der Waals surface area contributed by atoms with Crippen molar-refractivity contribution in [3.8, 4) is 0 Å². The van der Waals surface area contributed by atoms with E-state index < -0.39 is 10.0 Å². The topological polar surface area (TPSA) is 78.5 Å². The molecular formula is C15H23N3O3S. The van der Waals surface area contributed by atoms with Gasteiger partial charge in [-0.25, -0.2) is 13.1 Å². The van der Waals surface area contributed by atoms with Gasteiger partial charge in [-0.05, 0) is 50.6 Å². The Bertz CT molecular complexity index is 631. The molecule has 1 aromatic carbocycles. The molecule has 1 fully saturated rings. The highest BCUT2D eigenvalue weighted by Gasteiger charge is 2.21. The molecule has 1 unspecified atom stereocenters. The van der Waals surface area contributed by atoms with Gasteiger partial charge in [0.15, 0.2) is 0 Å². The standard InChI is InChI=1S/C15H23N3O3S/c1-12(19)17-14-6-3-7-15(9-14)22(20,21)16-10-13-5-4-8-18(2)11-13/h3,6-7,9,13,16H,4-5,8,10-11H2,1-2H3,(H,17,19). The molecule has 1 aliphatic rings. The Morgan fingerprint density at radius 3 is 2.86 bits per heavy atom. The summed E-state index contributed by atoms with van der Waals surface area (Å²) >= 11 is 0. The number of hydrogen-bond acceptors (Lipinski definition) is 4. The van der Waals surface area contributed by atoms with Gasteiger partial charge in [-0.15, -0.1) is 0 Å². The minimum absolute atomic E-state index is 0.169. The molecule has 1 aromatic rings. The molecule has 22 heavy (non-hydrogen) atoms. The number of anilines is 1. The molecule has 0 radical (unpaired) electrons. The van der Waals surface area contributed by atoms with Gasteiger partial charge >= 0.3 is 0 Å². The summed E-state index contributed by atoms with van der Waals surface area (Å²) in [6.07, 6.45) is 2.14. The number of carbonyl (C=O) groups is 1. The smallest absolute Gasteiger partial charge is 0.240 e. The predicted octanol–water partition coefficient (Wildman–Crippen LogP) is 1.27.